The van der Waals surface area contributed by atoms with E-state index in [-0.39, 0.29) is 0 Å². The van der Waals surface area contributed by atoms with Gasteiger partial charge in [0.05, 0.1) is 22.4 Å². The highest BCUT2D eigenvalue weighted by molar-refractivity contribution is 6.20. The molecular formula is C66H44N6. The van der Waals surface area contributed by atoms with Crippen molar-refractivity contribution in [2.75, 3.05) is 0 Å². The predicted molar refractivity (Wildman–Crippen MR) is 300 cm³/mol. The average Bonchev–Trinajstić information content (AvgIpc) is 4.11. The third-order valence-electron chi connectivity index (χ3n) is 14.9. The number of nitrogens with zero attached hydrogens (tertiary/aromatic N) is 4. The van der Waals surface area contributed by atoms with Crippen molar-refractivity contribution >= 4 is 87.0 Å². The van der Waals surface area contributed by atoms with Crippen LogP contribution >= 0.6 is 0 Å². The molecule has 0 saturated heterocycles. The minimum Gasteiger partial charge on any atom is -0.339 e. The van der Waals surface area contributed by atoms with Crippen LogP contribution in [0.25, 0.3) is 155 Å². The van der Waals surface area contributed by atoms with Crippen LogP contribution in [0, 0.1) is 27.7 Å². The Morgan fingerprint density at radius 1 is 0.292 bits per heavy atom. The van der Waals surface area contributed by atoms with E-state index in [1.54, 1.807) is 0 Å². The summed E-state index contributed by atoms with van der Waals surface area (Å²) >= 11 is 0. The molecule has 0 radical (unpaired) electrons. The van der Waals surface area contributed by atoms with Crippen molar-refractivity contribution in [2.24, 2.45) is 0 Å². The van der Waals surface area contributed by atoms with Gasteiger partial charge in [-0.3, -0.25) is 0 Å². The highest BCUT2D eigenvalue weighted by Gasteiger charge is 2.29. The Morgan fingerprint density at radius 2 is 0.597 bits per heavy atom. The molecule has 0 fully saturated rings. The largest absolute Gasteiger partial charge is 0.339 e. The lowest BCUT2D eigenvalue weighted by atomic mass is 9.90. The minimum atomic E-state index is 0.604. The van der Waals surface area contributed by atoms with Crippen LogP contribution in [0.2, 0.25) is 0 Å². The van der Waals surface area contributed by atoms with E-state index in [4.69, 9.17) is 19.9 Å². The van der Waals surface area contributed by atoms with Crippen LogP contribution in [0.15, 0.2) is 182 Å². The molecule has 15 rings (SSSR count). The highest BCUT2D eigenvalue weighted by Crippen LogP contribution is 2.50. The maximum absolute atomic E-state index is 6.08. The second kappa shape index (κ2) is 15.1. The summed E-state index contributed by atoms with van der Waals surface area (Å²) in [5.74, 6) is 1.21. The molecule has 72 heavy (non-hydrogen) atoms. The first-order valence-electron chi connectivity index (χ1n) is 24.7. The van der Waals surface area contributed by atoms with Gasteiger partial charge in [0.25, 0.3) is 0 Å². The molecule has 0 saturated carbocycles. The van der Waals surface area contributed by atoms with Crippen LogP contribution in [0.5, 0.6) is 0 Å². The average molecular weight is 921 g/mol. The van der Waals surface area contributed by atoms with E-state index in [1.807, 2.05) is 0 Å². The van der Waals surface area contributed by atoms with Gasteiger partial charge in [-0.25, -0.2) is 19.9 Å². The molecule has 3 aromatic heterocycles. The van der Waals surface area contributed by atoms with E-state index in [1.165, 1.54) is 22.3 Å². The molecule has 0 unspecified atom stereocenters. The van der Waals surface area contributed by atoms with Crippen molar-refractivity contribution in [3.8, 4) is 67.5 Å². The number of hydrogen-bond donors (Lipinski definition) is 2. The number of H-pyrrole nitrogens is 2. The fourth-order valence-electron chi connectivity index (χ4n) is 11.9. The van der Waals surface area contributed by atoms with Gasteiger partial charge in [0, 0.05) is 54.9 Å². The topological polar surface area (TPSA) is 83.1 Å². The number of hydrogen-bond acceptors (Lipinski definition) is 4. The van der Waals surface area contributed by atoms with Gasteiger partial charge < -0.3 is 9.97 Å². The lowest BCUT2D eigenvalue weighted by molar-refractivity contribution is 1.22. The second-order valence-corrected chi connectivity index (χ2v) is 20.0. The Hall–Kier alpha value is -9.26. The molecule has 8 bridgehead atoms. The van der Waals surface area contributed by atoms with Crippen LogP contribution in [0.4, 0.5) is 0 Å². The summed E-state index contributed by atoms with van der Waals surface area (Å²) in [6.07, 6.45) is 0. The van der Waals surface area contributed by atoms with Crippen molar-refractivity contribution in [3.05, 3.63) is 204 Å². The van der Waals surface area contributed by atoms with Crippen LogP contribution in [0.3, 0.4) is 0 Å². The number of benzene rings is 10. The lowest BCUT2D eigenvalue weighted by Crippen LogP contribution is -1.89. The molecule has 2 N–H and O–H groups in total. The maximum Gasteiger partial charge on any atom is 0.164 e. The molecular weight excluding hydrogens is 877 g/mol. The van der Waals surface area contributed by atoms with Crippen LogP contribution in [-0.2, 0) is 0 Å². The molecule has 0 amide bonds. The van der Waals surface area contributed by atoms with Crippen molar-refractivity contribution in [1.82, 2.24) is 29.9 Å². The normalized spacial score (nSPS) is 12.2. The van der Waals surface area contributed by atoms with Crippen LogP contribution in [-0.4, -0.2) is 29.9 Å². The third kappa shape index (κ3) is 6.22. The highest BCUT2D eigenvalue weighted by atomic mass is 15.0. The van der Waals surface area contributed by atoms with Gasteiger partial charge in [-0.2, -0.15) is 0 Å². The predicted octanol–water partition coefficient (Wildman–Crippen LogP) is 17.3. The number of fused-ring (bicyclic) bond motifs is 24. The Morgan fingerprint density at radius 3 is 0.944 bits per heavy atom. The SMILES string of the molecule is Cc1cc(C)cc(-c2c3nc(c(-c4cc(C)cc(C)c4)c4[nH]c(nc5nc(nc6[nH]c2c2cc7ccccc7cc62)-c2cc6ccccc6cc2-5)c2cc5ccccc5cc42)-c2cc4ccccc4cc2-3)c1. The van der Waals surface area contributed by atoms with Gasteiger partial charge >= 0.3 is 0 Å². The summed E-state index contributed by atoms with van der Waals surface area (Å²) in [7, 11) is 0. The fraction of sp³-hybridized carbons (Fsp3) is 0.0606. The van der Waals surface area contributed by atoms with Crippen LogP contribution < -0.4 is 0 Å². The molecule has 338 valence electrons. The molecule has 5 heterocycles. The molecule has 0 aliphatic carbocycles. The number of aromatic nitrogens is 6. The smallest absolute Gasteiger partial charge is 0.164 e. The van der Waals surface area contributed by atoms with E-state index in [2.05, 4.69) is 220 Å². The quantitative estimate of drug-likeness (QED) is 0.181. The Kier molecular flexibility index (Phi) is 8.53. The lowest BCUT2D eigenvalue weighted by Gasteiger charge is -2.11. The standard InChI is InChI=1S/C66H44N6/c1-35-21-36(2)24-47(23-35)57-59-49-27-39-13-5-6-14-40(39)28-50(49)60(67-59)58(48-25-37(3)22-38(4)26-48)62-52-30-42-16-8-10-18-44(42)32-54(52)64(69-62)71-66-56-34-46-20-12-11-19-45(46)33-55(56)65(72-66)70-63-53-31-43-17-9-7-15-41(43)29-51(53)61(57)68-63/h5-34H,1-4H3,(H2,68,69,70,71,72). The third-order valence-corrected chi connectivity index (χ3v) is 14.9. The first-order chi connectivity index (χ1) is 35.2. The van der Waals surface area contributed by atoms with Crippen LogP contribution in [0.1, 0.15) is 22.3 Å². The zero-order chi connectivity index (χ0) is 47.9. The Balaban J connectivity index is 1.25. The fourth-order valence-corrected chi connectivity index (χ4v) is 11.9. The summed E-state index contributed by atoms with van der Waals surface area (Å²) in [5, 5.41) is 13.2. The summed E-state index contributed by atoms with van der Waals surface area (Å²) in [6, 6.07) is 66.4. The van der Waals surface area contributed by atoms with Gasteiger partial charge in [-0.15, -0.1) is 0 Å². The van der Waals surface area contributed by atoms with Crippen molar-refractivity contribution in [2.45, 2.75) is 27.7 Å². The first kappa shape index (κ1) is 40.6. The number of aromatic amines is 2. The molecule has 0 atom stereocenters. The van der Waals surface area contributed by atoms with Gasteiger partial charge in [-0.05, 0) is 130 Å². The molecule has 2 aliphatic rings. The molecule has 0 spiro atoms. The first-order valence-corrected chi connectivity index (χ1v) is 24.7. The second-order valence-electron chi connectivity index (χ2n) is 20.0. The number of aryl methyl sites for hydroxylation is 4. The molecule has 2 aliphatic heterocycles. The monoisotopic (exact) mass is 920 g/mol. The minimum absolute atomic E-state index is 0.604. The summed E-state index contributed by atoms with van der Waals surface area (Å²) in [5.41, 5.74) is 18.0. The molecule has 10 aromatic carbocycles. The van der Waals surface area contributed by atoms with Gasteiger partial charge in [0.15, 0.2) is 11.6 Å². The van der Waals surface area contributed by atoms with Crippen molar-refractivity contribution in [1.29, 1.82) is 0 Å². The van der Waals surface area contributed by atoms with E-state index < -0.39 is 0 Å². The van der Waals surface area contributed by atoms with Gasteiger partial charge in [0.1, 0.15) is 11.3 Å². The molecule has 13 aromatic rings. The Labute approximate surface area is 414 Å². The summed E-state index contributed by atoms with van der Waals surface area (Å²) in [6.45, 7) is 8.74. The van der Waals surface area contributed by atoms with Crippen molar-refractivity contribution < 1.29 is 0 Å². The van der Waals surface area contributed by atoms with E-state index in [0.717, 1.165) is 143 Å². The summed E-state index contributed by atoms with van der Waals surface area (Å²) in [4.78, 5) is 30.7. The van der Waals surface area contributed by atoms with E-state index >= 15 is 0 Å². The zero-order valence-corrected chi connectivity index (χ0v) is 40.1. The van der Waals surface area contributed by atoms with Crippen molar-refractivity contribution in [3.63, 3.8) is 0 Å². The molecule has 6 heteroatoms. The number of rotatable bonds is 2. The van der Waals surface area contributed by atoms with Gasteiger partial charge in [-0.1, -0.05) is 156 Å². The molecule has 6 nitrogen and oxygen atoms in total. The van der Waals surface area contributed by atoms with Gasteiger partial charge in [0.2, 0.25) is 0 Å². The van der Waals surface area contributed by atoms with E-state index in [9.17, 15) is 0 Å². The summed E-state index contributed by atoms with van der Waals surface area (Å²) < 4.78 is 0. The number of nitrogens with one attached hydrogen (secondary N) is 2. The van der Waals surface area contributed by atoms with E-state index in [0.29, 0.717) is 11.6 Å². The Bertz CT molecular complexity index is 4410. The maximum atomic E-state index is 6.08. The zero-order valence-electron chi connectivity index (χ0n) is 40.1.